The minimum absolute atomic E-state index is 0.0215. The van der Waals surface area contributed by atoms with E-state index in [1.54, 1.807) is 0 Å². The molecule has 0 spiro atoms. The second-order valence-corrected chi connectivity index (χ2v) is 7.76. The predicted molar refractivity (Wildman–Crippen MR) is 109 cm³/mol. The molecule has 1 aliphatic rings. The highest BCUT2D eigenvalue weighted by Gasteiger charge is 2.44. The fourth-order valence-corrected chi connectivity index (χ4v) is 3.61. The third kappa shape index (κ3) is 4.92. The maximum Gasteiger partial charge on any atom is 0.573 e. The van der Waals surface area contributed by atoms with Gasteiger partial charge in [0.25, 0.3) is 5.91 Å². The molecule has 5 nitrogen and oxygen atoms in total. The number of anilines is 1. The highest BCUT2D eigenvalue weighted by Crippen LogP contribution is 2.41. The number of pyridine rings is 1. The molecule has 1 unspecified atom stereocenters. The lowest BCUT2D eigenvalue weighted by molar-refractivity contribution is -0.274. The summed E-state index contributed by atoms with van der Waals surface area (Å²) in [4.78, 5) is 17.0. The SMILES string of the molecule is CC1(C(=O)Nc2cccc(OC(F)(F)F)c2)Cc2c(-c3cccc(C(F)(F)F)c3)ccnc2O1. The van der Waals surface area contributed by atoms with Gasteiger partial charge in [-0.3, -0.25) is 4.79 Å². The number of nitrogens with one attached hydrogen (secondary N) is 1. The Kier molecular flexibility index (Phi) is 5.66. The van der Waals surface area contributed by atoms with E-state index in [0.717, 1.165) is 24.3 Å². The van der Waals surface area contributed by atoms with Crippen LogP contribution in [0, 0.1) is 0 Å². The van der Waals surface area contributed by atoms with Crippen LogP contribution in [0.2, 0.25) is 0 Å². The largest absolute Gasteiger partial charge is 0.573 e. The summed E-state index contributed by atoms with van der Waals surface area (Å²) in [7, 11) is 0. The van der Waals surface area contributed by atoms with E-state index in [4.69, 9.17) is 4.74 Å². The second-order valence-electron chi connectivity index (χ2n) is 7.76. The molecular weight excluding hydrogens is 466 g/mol. The maximum absolute atomic E-state index is 13.2. The summed E-state index contributed by atoms with van der Waals surface area (Å²) in [5.74, 6) is -1.11. The van der Waals surface area contributed by atoms with Crippen LogP contribution in [0.1, 0.15) is 18.1 Å². The van der Waals surface area contributed by atoms with E-state index in [0.29, 0.717) is 11.1 Å². The first-order chi connectivity index (χ1) is 15.8. The summed E-state index contributed by atoms with van der Waals surface area (Å²) < 4.78 is 86.4. The maximum atomic E-state index is 13.2. The van der Waals surface area contributed by atoms with Crippen molar-refractivity contribution in [1.29, 1.82) is 0 Å². The smallest absolute Gasteiger partial charge is 0.461 e. The Labute approximate surface area is 189 Å². The molecule has 2 aromatic carbocycles. The van der Waals surface area contributed by atoms with Crippen LogP contribution in [-0.2, 0) is 17.4 Å². The van der Waals surface area contributed by atoms with Crippen molar-refractivity contribution in [2.45, 2.75) is 31.5 Å². The van der Waals surface area contributed by atoms with E-state index in [-0.39, 0.29) is 23.6 Å². The quantitative estimate of drug-likeness (QED) is 0.464. The Hall–Kier alpha value is -3.76. The van der Waals surface area contributed by atoms with Crippen LogP contribution in [0.5, 0.6) is 11.6 Å². The van der Waals surface area contributed by atoms with Gasteiger partial charge in [0.1, 0.15) is 5.75 Å². The Balaban J connectivity index is 1.58. The molecule has 0 saturated carbocycles. The summed E-state index contributed by atoms with van der Waals surface area (Å²) in [6.07, 6.45) is -8.08. The van der Waals surface area contributed by atoms with E-state index in [1.165, 1.54) is 43.5 Å². The van der Waals surface area contributed by atoms with Gasteiger partial charge in [-0.25, -0.2) is 4.98 Å². The van der Waals surface area contributed by atoms with Crippen LogP contribution >= 0.6 is 0 Å². The molecule has 3 aromatic rings. The van der Waals surface area contributed by atoms with Crippen LogP contribution in [0.15, 0.2) is 60.8 Å². The molecule has 178 valence electrons. The number of carbonyl (C=O) groups is 1. The summed E-state index contributed by atoms with van der Waals surface area (Å²) in [5, 5.41) is 2.49. The summed E-state index contributed by atoms with van der Waals surface area (Å²) >= 11 is 0. The number of fused-ring (bicyclic) bond motifs is 1. The number of amides is 1. The number of nitrogens with zero attached hydrogens (tertiary/aromatic N) is 1. The summed E-state index contributed by atoms with van der Waals surface area (Å²) in [6.45, 7) is 1.45. The van der Waals surface area contributed by atoms with Gasteiger partial charge in [0.2, 0.25) is 5.88 Å². The second kappa shape index (κ2) is 8.23. The fraction of sp³-hybridized carbons (Fsp3) is 0.217. The summed E-state index contributed by atoms with van der Waals surface area (Å²) in [6, 6.07) is 11.0. The highest BCUT2D eigenvalue weighted by molar-refractivity contribution is 5.98. The van der Waals surface area contributed by atoms with Gasteiger partial charge in [0.15, 0.2) is 5.60 Å². The lowest BCUT2D eigenvalue weighted by atomic mass is 9.92. The normalized spacial score (nSPS) is 17.6. The zero-order valence-corrected chi connectivity index (χ0v) is 17.4. The Morgan fingerprint density at radius 3 is 2.50 bits per heavy atom. The Morgan fingerprint density at radius 2 is 1.79 bits per heavy atom. The number of halogens is 6. The molecule has 0 radical (unpaired) electrons. The van der Waals surface area contributed by atoms with E-state index >= 15 is 0 Å². The number of hydrogen-bond acceptors (Lipinski definition) is 4. The summed E-state index contributed by atoms with van der Waals surface area (Å²) in [5.41, 5.74) is -1.15. The van der Waals surface area contributed by atoms with Crippen molar-refractivity contribution >= 4 is 11.6 Å². The first-order valence-corrected chi connectivity index (χ1v) is 9.86. The molecule has 11 heteroatoms. The number of hydrogen-bond donors (Lipinski definition) is 1. The lowest BCUT2D eigenvalue weighted by Crippen LogP contribution is -2.44. The number of rotatable bonds is 4. The molecule has 34 heavy (non-hydrogen) atoms. The zero-order valence-electron chi connectivity index (χ0n) is 17.4. The Morgan fingerprint density at radius 1 is 1.06 bits per heavy atom. The van der Waals surface area contributed by atoms with Gasteiger partial charge in [-0.1, -0.05) is 18.2 Å². The van der Waals surface area contributed by atoms with Crippen molar-refractivity contribution in [2.24, 2.45) is 0 Å². The monoisotopic (exact) mass is 482 g/mol. The van der Waals surface area contributed by atoms with Crippen molar-refractivity contribution in [3.8, 4) is 22.8 Å². The van der Waals surface area contributed by atoms with Gasteiger partial charge in [0, 0.05) is 29.9 Å². The number of benzene rings is 2. The van der Waals surface area contributed by atoms with Gasteiger partial charge in [-0.2, -0.15) is 13.2 Å². The number of aromatic nitrogens is 1. The van der Waals surface area contributed by atoms with Crippen molar-refractivity contribution in [3.63, 3.8) is 0 Å². The van der Waals surface area contributed by atoms with Gasteiger partial charge in [-0.05, 0) is 48.4 Å². The van der Waals surface area contributed by atoms with Gasteiger partial charge in [-0.15, -0.1) is 13.2 Å². The molecule has 1 amide bonds. The fourth-order valence-electron chi connectivity index (χ4n) is 3.61. The molecule has 1 atom stereocenters. The number of ether oxygens (including phenoxy) is 2. The van der Waals surface area contributed by atoms with Gasteiger partial charge in [0.05, 0.1) is 5.56 Å². The first-order valence-electron chi connectivity index (χ1n) is 9.86. The van der Waals surface area contributed by atoms with E-state index in [1.807, 2.05) is 0 Å². The molecular formula is C23H16F6N2O3. The Bertz CT molecular complexity index is 1240. The standard InChI is InChI=1S/C23H16F6N2O3/c1-21(20(32)31-15-6-3-7-16(11-15)33-23(27,28)29)12-18-17(8-9-30-19(18)34-21)13-4-2-5-14(10-13)22(24,25)26/h2-11H,12H2,1H3,(H,31,32). The van der Waals surface area contributed by atoms with Crippen LogP contribution < -0.4 is 14.8 Å². The molecule has 0 fully saturated rings. The van der Waals surface area contributed by atoms with Crippen LogP contribution in [0.4, 0.5) is 32.0 Å². The average molecular weight is 482 g/mol. The molecule has 1 N–H and O–H groups in total. The zero-order chi connectivity index (χ0) is 24.7. The molecule has 0 bridgehead atoms. The van der Waals surface area contributed by atoms with Crippen LogP contribution in [-0.4, -0.2) is 22.9 Å². The predicted octanol–water partition coefficient (Wildman–Crippen LogP) is 6.00. The number of alkyl halides is 6. The first kappa shape index (κ1) is 23.4. The van der Waals surface area contributed by atoms with Crippen molar-refractivity contribution in [3.05, 3.63) is 71.9 Å². The molecule has 1 aliphatic heterocycles. The van der Waals surface area contributed by atoms with E-state index in [2.05, 4.69) is 15.0 Å². The average Bonchev–Trinajstić information content (AvgIpc) is 3.10. The van der Waals surface area contributed by atoms with E-state index in [9.17, 15) is 31.1 Å². The van der Waals surface area contributed by atoms with Crippen LogP contribution in [0.3, 0.4) is 0 Å². The molecule has 0 saturated heterocycles. The molecule has 2 heterocycles. The van der Waals surface area contributed by atoms with Crippen molar-refractivity contribution < 1.29 is 40.6 Å². The molecule has 1 aromatic heterocycles. The van der Waals surface area contributed by atoms with Crippen molar-refractivity contribution in [2.75, 3.05) is 5.32 Å². The molecule has 0 aliphatic carbocycles. The lowest BCUT2D eigenvalue weighted by Gasteiger charge is -2.22. The third-order valence-electron chi connectivity index (χ3n) is 5.16. The molecule has 4 rings (SSSR count). The highest BCUT2D eigenvalue weighted by atomic mass is 19.4. The van der Waals surface area contributed by atoms with Crippen molar-refractivity contribution in [1.82, 2.24) is 4.98 Å². The number of carbonyl (C=O) groups excluding carboxylic acids is 1. The minimum Gasteiger partial charge on any atom is -0.461 e. The topological polar surface area (TPSA) is 60.5 Å². The van der Waals surface area contributed by atoms with E-state index < -0.39 is 35.4 Å². The third-order valence-corrected chi connectivity index (χ3v) is 5.16. The van der Waals surface area contributed by atoms with Crippen LogP contribution in [0.25, 0.3) is 11.1 Å². The minimum atomic E-state index is -4.89. The van der Waals surface area contributed by atoms with Gasteiger partial charge >= 0.3 is 12.5 Å². The van der Waals surface area contributed by atoms with Gasteiger partial charge < -0.3 is 14.8 Å².